The Labute approximate surface area is 257 Å². The average Bonchev–Trinajstić information content (AvgIpc) is 3.52. The zero-order valence-electron chi connectivity index (χ0n) is 26.1. The van der Waals surface area contributed by atoms with Crippen molar-refractivity contribution in [3.05, 3.63) is 40.4 Å². The lowest BCUT2D eigenvalue weighted by molar-refractivity contribution is -0.199. The van der Waals surface area contributed by atoms with Gasteiger partial charge in [-0.05, 0) is 75.8 Å². The van der Waals surface area contributed by atoms with Crippen molar-refractivity contribution in [3.8, 4) is 5.75 Å². The summed E-state index contributed by atoms with van der Waals surface area (Å²) in [5, 5.41) is 8.96. The predicted octanol–water partition coefficient (Wildman–Crippen LogP) is 4.03. The summed E-state index contributed by atoms with van der Waals surface area (Å²) in [6, 6.07) is 5.27. The molecule has 232 valence electrons. The lowest BCUT2D eigenvalue weighted by atomic mass is 9.43. The molecule has 3 aliphatic carbocycles. The Morgan fingerprint density at radius 1 is 1.26 bits per heavy atom. The minimum Gasteiger partial charge on any atom is -0.496 e. The number of nitrogens with one attached hydrogen (secondary N) is 1. The first-order valence-corrected chi connectivity index (χ1v) is 15.4. The second-order valence-electron chi connectivity index (χ2n) is 13.3. The molecule has 6 rings (SSSR count). The molecule has 3 saturated carbocycles. The number of nitrogens with zero attached hydrogens (tertiary/aromatic N) is 2. The van der Waals surface area contributed by atoms with E-state index in [-0.39, 0.29) is 29.2 Å². The third-order valence-electron chi connectivity index (χ3n) is 9.14. The molecule has 1 aromatic heterocycles. The zero-order chi connectivity index (χ0) is 31.3. The summed E-state index contributed by atoms with van der Waals surface area (Å²) in [4.78, 5) is 36.0. The summed E-state index contributed by atoms with van der Waals surface area (Å²) in [5.41, 5.74) is 6.03. The van der Waals surface area contributed by atoms with Gasteiger partial charge in [-0.3, -0.25) is 4.79 Å². The number of nitrogen functional groups attached to an aromatic ring is 1. The Kier molecular flexibility index (Phi) is 8.29. The van der Waals surface area contributed by atoms with Crippen molar-refractivity contribution in [2.45, 2.75) is 84.1 Å². The summed E-state index contributed by atoms with van der Waals surface area (Å²) < 4.78 is 24.7. The van der Waals surface area contributed by atoms with Gasteiger partial charge in [0, 0.05) is 5.38 Å². The van der Waals surface area contributed by atoms with Crippen molar-refractivity contribution in [2.75, 3.05) is 20.0 Å². The van der Waals surface area contributed by atoms with E-state index in [0.29, 0.717) is 34.0 Å². The first-order valence-electron chi connectivity index (χ1n) is 14.5. The van der Waals surface area contributed by atoms with Crippen LogP contribution in [-0.2, 0) is 30.1 Å². The number of carbonyl (C=O) groups is 2. The molecule has 2 bridgehead atoms. The van der Waals surface area contributed by atoms with Crippen LogP contribution in [0.4, 0.5) is 5.13 Å². The highest BCUT2D eigenvalue weighted by Crippen LogP contribution is 2.65. The molecule has 4 aliphatic rings. The second kappa shape index (κ2) is 11.4. The van der Waals surface area contributed by atoms with E-state index in [0.717, 1.165) is 12.8 Å². The minimum absolute atomic E-state index is 0.0278. The maximum absolute atomic E-state index is 13.7. The molecule has 1 aliphatic heterocycles. The number of anilines is 1. The molecule has 3 N–H and O–H groups in total. The van der Waals surface area contributed by atoms with Crippen LogP contribution in [0.25, 0.3) is 0 Å². The molecule has 1 saturated heterocycles. The third-order valence-corrected chi connectivity index (χ3v) is 9.81. The van der Waals surface area contributed by atoms with Crippen molar-refractivity contribution in [1.82, 2.24) is 10.3 Å². The standard InChI is InChI=1S/C30H41BN4O7S/c1-28(2,3)40-26(37)18-11-9-10-16(24(18)38-7)12-22(34-25(36)23(35-39-8)19-15-43-27(32)33-19)31-41-21-14-17-13-20(29(17,4)5)30(21,6)42-31/h9-11,15,17,20-22H,12-14H2,1-8H3,(H2,32,33)(H,34,36)/b35-23+. The molecular weight excluding hydrogens is 571 g/mol. The van der Waals surface area contributed by atoms with Gasteiger partial charge >= 0.3 is 13.1 Å². The number of oxime groups is 1. The van der Waals surface area contributed by atoms with Crippen LogP contribution >= 0.6 is 11.3 Å². The van der Waals surface area contributed by atoms with E-state index in [4.69, 9.17) is 29.4 Å². The highest BCUT2D eigenvalue weighted by Gasteiger charge is 2.68. The third kappa shape index (κ3) is 5.86. The summed E-state index contributed by atoms with van der Waals surface area (Å²) >= 11 is 1.19. The van der Waals surface area contributed by atoms with Crippen molar-refractivity contribution in [2.24, 2.45) is 22.4 Å². The summed E-state index contributed by atoms with van der Waals surface area (Å²) in [6.07, 6.45) is 2.11. The lowest BCUT2D eigenvalue weighted by Gasteiger charge is -2.64. The van der Waals surface area contributed by atoms with Gasteiger partial charge in [-0.1, -0.05) is 31.1 Å². The quantitative estimate of drug-likeness (QED) is 0.186. The van der Waals surface area contributed by atoms with E-state index >= 15 is 0 Å². The van der Waals surface area contributed by atoms with Gasteiger partial charge < -0.3 is 34.7 Å². The molecule has 13 heteroatoms. The topological polar surface area (TPSA) is 144 Å². The number of esters is 1. The van der Waals surface area contributed by atoms with Crippen LogP contribution in [-0.4, -0.2) is 67.2 Å². The molecule has 0 spiro atoms. The van der Waals surface area contributed by atoms with Gasteiger partial charge in [-0.15, -0.1) is 11.3 Å². The number of ether oxygens (including phenoxy) is 2. The number of carbonyl (C=O) groups excluding carboxylic acids is 2. The highest BCUT2D eigenvalue weighted by atomic mass is 32.1. The van der Waals surface area contributed by atoms with E-state index in [9.17, 15) is 9.59 Å². The normalized spacial score (nSPS) is 26.7. The molecule has 43 heavy (non-hydrogen) atoms. The van der Waals surface area contributed by atoms with Crippen LogP contribution in [0.5, 0.6) is 5.75 Å². The number of hydrogen-bond donors (Lipinski definition) is 2. The number of amides is 1. The smallest absolute Gasteiger partial charge is 0.482 e. The van der Waals surface area contributed by atoms with Gasteiger partial charge in [-0.2, -0.15) is 0 Å². The first-order chi connectivity index (χ1) is 20.2. The van der Waals surface area contributed by atoms with Gasteiger partial charge in [0.25, 0.3) is 5.91 Å². The van der Waals surface area contributed by atoms with E-state index < -0.39 is 36.1 Å². The fourth-order valence-corrected chi connectivity index (χ4v) is 7.48. The zero-order valence-corrected chi connectivity index (χ0v) is 26.9. The molecule has 2 aromatic rings. The minimum atomic E-state index is -0.770. The molecule has 2 heterocycles. The number of aromatic nitrogens is 1. The molecule has 1 amide bonds. The molecule has 1 aromatic carbocycles. The second-order valence-corrected chi connectivity index (χ2v) is 14.2. The molecule has 0 radical (unpaired) electrons. The molecule has 11 nitrogen and oxygen atoms in total. The van der Waals surface area contributed by atoms with Gasteiger partial charge in [-0.25, -0.2) is 9.78 Å². The number of benzene rings is 1. The predicted molar refractivity (Wildman–Crippen MR) is 164 cm³/mol. The fraction of sp³-hybridized carbons (Fsp3) is 0.600. The summed E-state index contributed by atoms with van der Waals surface area (Å²) in [6.45, 7) is 12.1. The maximum atomic E-state index is 13.7. The average molecular weight is 613 g/mol. The first kappa shape index (κ1) is 31.3. The molecule has 4 fully saturated rings. The lowest BCUT2D eigenvalue weighted by Crippen LogP contribution is -2.65. The Morgan fingerprint density at radius 2 is 2.00 bits per heavy atom. The maximum Gasteiger partial charge on any atom is 0.482 e. The van der Waals surface area contributed by atoms with Crippen molar-refractivity contribution >= 4 is 41.2 Å². The fourth-order valence-electron chi connectivity index (χ4n) is 6.93. The number of methoxy groups -OCH3 is 1. The number of rotatable bonds is 9. The largest absolute Gasteiger partial charge is 0.496 e. The van der Waals surface area contributed by atoms with Crippen molar-refractivity contribution in [1.29, 1.82) is 0 Å². The monoisotopic (exact) mass is 612 g/mol. The van der Waals surface area contributed by atoms with Gasteiger partial charge in [0.15, 0.2) is 10.8 Å². The van der Waals surface area contributed by atoms with E-state index in [1.807, 2.05) is 26.8 Å². The van der Waals surface area contributed by atoms with Gasteiger partial charge in [0.1, 0.15) is 29.7 Å². The van der Waals surface area contributed by atoms with Gasteiger partial charge in [0.05, 0.1) is 24.8 Å². The number of hydrogen-bond acceptors (Lipinski definition) is 11. The van der Waals surface area contributed by atoms with Crippen molar-refractivity contribution < 1.29 is 33.2 Å². The van der Waals surface area contributed by atoms with Crippen LogP contribution in [0.2, 0.25) is 0 Å². The summed E-state index contributed by atoms with van der Waals surface area (Å²) in [5.74, 6) is -0.464. The van der Waals surface area contributed by atoms with Crippen LogP contribution < -0.4 is 15.8 Å². The van der Waals surface area contributed by atoms with Gasteiger partial charge in [0.2, 0.25) is 0 Å². The Balaban J connectivity index is 1.48. The number of thiazole rings is 1. The van der Waals surface area contributed by atoms with Crippen LogP contribution in [0.1, 0.15) is 76.0 Å². The Bertz CT molecular complexity index is 1420. The molecule has 5 unspecified atom stereocenters. The van der Waals surface area contributed by atoms with Crippen LogP contribution in [0.3, 0.4) is 0 Å². The molecular formula is C30H41BN4O7S. The van der Waals surface area contributed by atoms with Crippen molar-refractivity contribution in [3.63, 3.8) is 0 Å². The highest BCUT2D eigenvalue weighted by molar-refractivity contribution is 7.13. The number of para-hydroxylation sites is 1. The van der Waals surface area contributed by atoms with E-state index in [2.05, 4.69) is 36.2 Å². The Morgan fingerprint density at radius 3 is 2.60 bits per heavy atom. The Hall–Kier alpha value is -3.16. The summed E-state index contributed by atoms with van der Waals surface area (Å²) in [7, 11) is 2.09. The van der Waals surface area contributed by atoms with E-state index in [1.165, 1.54) is 25.6 Å². The number of nitrogens with two attached hydrogens (primary N) is 1. The van der Waals surface area contributed by atoms with E-state index in [1.54, 1.807) is 17.5 Å². The molecule has 5 atom stereocenters. The van der Waals surface area contributed by atoms with Crippen LogP contribution in [0.15, 0.2) is 28.7 Å². The SMILES string of the molecule is CO/N=C(/C(=O)NC(Cc1cccc(C(=O)OC(C)(C)C)c1OC)B1OC2CC3CC(C3(C)C)C2(C)O1)c1csc(N)n1. The van der Waals surface area contributed by atoms with Crippen LogP contribution in [0, 0.1) is 17.3 Å².